The summed E-state index contributed by atoms with van der Waals surface area (Å²) in [6, 6.07) is 2.49. The lowest BCUT2D eigenvalue weighted by atomic mass is 10.1. The molecule has 4 nitrogen and oxygen atoms in total. The minimum absolute atomic E-state index is 0.0380. The number of hydrogen-bond donors (Lipinski definition) is 2. The van der Waals surface area contributed by atoms with Crippen molar-refractivity contribution in [1.82, 2.24) is 5.32 Å². The number of hydrogen-bond acceptors (Lipinski definition) is 3. The van der Waals surface area contributed by atoms with Crippen molar-refractivity contribution in [3.8, 4) is 5.75 Å². The summed E-state index contributed by atoms with van der Waals surface area (Å²) >= 11 is 3.18. The summed E-state index contributed by atoms with van der Waals surface area (Å²) in [6.45, 7) is 3.39. The van der Waals surface area contributed by atoms with Crippen molar-refractivity contribution >= 4 is 27.5 Å². The van der Waals surface area contributed by atoms with Crippen LogP contribution in [0.4, 0.5) is 18.9 Å². The summed E-state index contributed by atoms with van der Waals surface area (Å²) in [4.78, 5) is 11.8. The van der Waals surface area contributed by atoms with Crippen molar-refractivity contribution in [3.05, 3.63) is 22.2 Å². The van der Waals surface area contributed by atoms with Gasteiger partial charge in [0.15, 0.2) is 6.10 Å². The van der Waals surface area contributed by atoms with E-state index in [0.29, 0.717) is 22.3 Å². The number of fused-ring (bicyclic) bond motifs is 1. The Labute approximate surface area is 128 Å². The van der Waals surface area contributed by atoms with Gasteiger partial charge in [0.25, 0.3) is 0 Å². The molecule has 1 aliphatic heterocycles. The maximum absolute atomic E-state index is 12.5. The van der Waals surface area contributed by atoms with Crippen molar-refractivity contribution in [2.75, 3.05) is 11.9 Å². The molecule has 1 heterocycles. The molecule has 1 amide bonds. The third-order valence-corrected chi connectivity index (χ3v) is 3.73. The molecular weight excluding hydrogens is 353 g/mol. The number of nitrogens with one attached hydrogen (secondary N) is 2. The minimum atomic E-state index is -4.45. The normalized spacial score (nSPS) is 19.1. The Bertz CT molecular complexity index is 563. The number of halogens is 4. The van der Waals surface area contributed by atoms with E-state index in [4.69, 9.17) is 4.74 Å². The van der Waals surface area contributed by atoms with Crippen molar-refractivity contribution in [2.24, 2.45) is 0 Å². The Morgan fingerprint density at radius 1 is 1.48 bits per heavy atom. The minimum Gasteiger partial charge on any atom is -0.480 e. The van der Waals surface area contributed by atoms with Gasteiger partial charge in [0.1, 0.15) is 11.8 Å². The summed E-state index contributed by atoms with van der Waals surface area (Å²) in [5.41, 5.74) is 1.14. The number of rotatable bonds is 4. The zero-order chi connectivity index (χ0) is 15.8. The predicted molar refractivity (Wildman–Crippen MR) is 75.3 cm³/mol. The standard InChI is InChI=1S/C13H14BrF3N2O2/c1-3-18-11-7-4-8(14)10(5-9(7)19-12(11)20)21-6(2)13(15,16)17/h4-6,11,18H,3H2,1-2H3,(H,19,20). The molecule has 21 heavy (non-hydrogen) atoms. The Kier molecular flexibility index (Phi) is 4.48. The largest absolute Gasteiger partial charge is 0.480 e. The fourth-order valence-electron chi connectivity index (χ4n) is 2.02. The van der Waals surface area contributed by atoms with Crippen LogP contribution in [-0.2, 0) is 4.79 Å². The summed E-state index contributed by atoms with van der Waals surface area (Å²) in [5, 5.41) is 5.64. The molecule has 1 aromatic rings. The third-order valence-electron chi connectivity index (χ3n) is 3.11. The number of ether oxygens (including phenoxy) is 1. The average molecular weight is 367 g/mol. The van der Waals surface area contributed by atoms with E-state index >= 15 is 0 Å². The van der Waals surface area contributed by atoms with Crippen LogP contribution >= 0.6 is 15.9 Å². The molecule has 0 aromatic heterocycles. The summed E-state index contributed by atoms with van der Waals surface area (Å²) in [5.74, 6) is -0.198. The molecular formula is C13H14BrF3N2O2. The van der Waals surface area contributed by atoms with E-state index in [2.05, 4.69) is 26.6 Å². The lowest BCUT2D eigenvalue weighted by molar-refractivity contribution is -0.189. The van der Waals surface area contributed by atoms with Crippen LogP contribution in [0, 0.1) is 0 Å². The molecule has 0 spiro atoms. The lowest BCUT2D eigenvalue weighted by Gasteiger charge is -2.19. The quantitative estimate of drug-likeness (QED) is 0.858. The van der Waals surface area contributed by atoms with Gasteiger partial charge in [-0.25, -0.2) is 0 Å². The van der Waals surface area contributed by atoms with Crippen LogP contribution in [-0.4, -0.2) is 24.7 Å². The number of alkyl halides is 3. The molecule has 0 bridgehead atoms. The zero-order valence-electron chi connectivity index (χ0n) is 11.3. The Morgan fingerprint density at radius 3 is 2.71 bits per heavy atom. The molecule has 0 saturated carbocycles. The summed E-state index contributed by atoms with van der Waals surface area (Å²) < 4.78 is 42.9. The van der Waals surface area contributed by atoms with Crippen LogP contribution in [0.5, 0.6) is 5.75 Å². The van der Waals surface area contributed by atoms with E-state index in [0.717, 1.165) is 6.92 Å². The zero-order valence-corrected chi connectivity index (χ0v) is 12.9. The van der Waals surface area contributed by atoms with Crippen LogP contribution in [0.15, 0.2) is 16.6 Å². The molecule has 2 unspecified atom stereocenters. The topological polar surface area (TPSA) is 50.4 Å². The van der Waals surface area contributed by atoms with Gasteiger partial charge in [-0.05, 0) is 35.5 Å². The Morgan fingerprint density at radius 2 is 2.14 bits per heavy atom. The molecule has 8 heteroatoms. The van der Waals surface area contributed by atoms with Gasteiger partial charge in [-0.15, -0.1) is 0 Å². The number of benzene rings is 1. The summed E-state index contributed by atoms with van der Waals surface area (Å²) in [7, 11) is 0. The molecule has 2 N–H and O–H groups in total. The second kappa shape index (κ2) is 5.84. The molecule has 2 rings (SSSR count). The SMILES string of the molecule is CCNC1C(=O)Nc2cc(OC(C)C(F)(F)F)c(Br)cc21. The molecule has 0 fully saturated rings. The second-order valence-electron chi connectivity index (χ2n) is 4.65. The van der Waals surface area contributed by atoms with Gasteiger partial charge in [0.05, 0.1) is 4.47 Å². The Balaban J connectivity index is 2.29. The molecule has 1 aromatic carbocycles. The van der Waals surface area contributed by atoms with Crippen LogP contribution < -0.4 is 15.4 Å². The van der Waals surface area contributed by atoms with Crippen LogP contribution in [0.25, 0.3) is 0 Å². The highest BCUT2D eigenvalue weighted by Crippen LogP contribution is 2.40. The smallest absolute Gasteiger partial charge is 0.425 e. The first-order chi connectivity index (χ1) is 9.74. The number of likely N-dealkylation sites (N-methyl/N-ethyl adjacent to an activating group) is 1. The van der Waals surface area contributed by atoms with Crippen LogP contribution in [0.3, 0.4) is 0 Å². The number of carbonyl (C=O) groups excluding carboxylic acids is 1. The number of carbonyl (C=O) groups is 1. The third kappa shape index (κ3) is 3.32. The predicted octanol–water partition coefficient (Wildman–Crippen LogP) is 3.38. The van der Waals surface area contributed by atoms with Crippen LogP contribution in [0.2, 0.25) is 0 Å². The van der Waals surface area contributed by atoms with E-state index in [-0.39, 0.29) is 11.7 Å². The molecule has 2 atom stereocenters. The van der Waals surface area contributed by atoms with Gasteiger partial charge >= 0.3 is 6.18 Å². The van der Waals surface area contributed by atoms with Gasteiger partial charge in [0, 0.05) is 17.3 Å². The fraction of sp³-hybridized carbons (Fsp3) is 0.462. The van der Waals surface area contributed by atoms with Crippen molar-refractivity contribution in [1.29, 1.82) is 0 Å². The highest BCUT2D eigenvalue weighted by atomic mass is 79.9. The molecule has 1 aliphatic rings. The van der Waals surface area contributed by atoms with E-state index in [9.17, 15) is 18.0 Å². The van der Waals surface area contributed by atoms with E-state index in [1.165, 1.54) is 6.07 Å². The van der Waals surface area contributed by atoms with Gasteiger partial charge in [-0.2, -0.15) is 13.2 Å². The first kappa shape index (κ1) is 16.1. The lowest BCUT2D eigenvalue weighted by Crippen LogP contribution is -2.31. The van der Waals surface area contributed by atoms with E-state index < -0.39 is 18.3 Å². The van der Waals surface area contributed by atoms with Crippen molar-refractivity contribution < 1.29 is 22.7 Å². The van der Waals surface area contributed by atoms with Gasteiger partial charge in [-0.1, -0.05) is 6.92 Å². The Hall–Kier alpha value is -1.28. The van der Waals surface area contributed by atoms with E-state index in [1.807, 2.05) is 6.92 Å². The van der Waals surface area contributed by atoms with Crippen molar-refractivity contribution in [3.63, 3.8) is 0 Å². The van der Waals surface area contributed by atoms with Crippen LogP contribution in [0.1, 0.15) is 25.5 Å². The monoisotopic (exact) mass is 366 g/mol. The molecule has 116 valence electrons. The number of amides is 1. The van der Waals surface area contributed by atoms with E-state index in [1.54, 1.807) is 6.07 Å². The summed E-state index contributed by atoms with van der Waals surface area (Å²) in [6.07, 6.45) is -6.39. The first-order valence-corrected chi connectivity index (χ1v) is 7.14. The average Bonchev–Trinajstić information content (AvgIpc) is 2.66. The highest BCUT2D eigenvalue weighted by molar-refractivity contribution is 9.10. The maximum atomic E-state index is 12.5. The van der Waals surface area contributed by atoms with Gasteiger partial charge < -0.3 is 15.4 Å². The molecule has 0 saturated heterocycles. The first-order valence-electron chi connectivity index (χ1n) is 6.35. The number of anilines is 1. The van der Waals surface area contributed by atoms with Gasteiger partial charge in [-0.3, -0.25) is 4.79 Å². The fourth-order valence-corrected chi connectivity index (χ4v) is 2.47. The molecule has 0 aliphatic carbocycles. The maximum Gasteiger partial charge on any atom is 0.425 e. The molecule has 0 radical (unpaired) electrons. The van der Waals surface area contributed by atoms with Crippen molar-refractivity contribution in [2.45, 2.75) is 32.2 Å². The highest BCUT2D eigenvalue weighted by Gasteiger charge is 2.39. The second-order valence-corrected chi connectivity index (χ2v) is 5.51. The van der Waals surface area contributed by atoms with Gasteiger partial charge in [0.2, 0.25) is 5.91 Å².